The maximum atomic E-state index is 11.9. The second-order valence-electron chi connectivity index (χ2n) is 5.33. The van der Waals surface area contributed by atoms with E-state index < -0.39 is 0 Å². The van der Waals surface area contributed by atoms with Gasteiger partial charge in [0.05, 0.1) is 6.54 Å². The van der Waals surface area contributed by atoms with Crippen molar-refractivity contribution >= 4 is 23.4 Å². The van der Waals surface area contributed by atoms with E-state index >= 15 is 0 Å². The van der Waals surface area contributed by atoms with Crippen molar-refractivity contribution in [3.05, 3.63) is 29.8 Å². The minimum atomic E-state index is 0.0471. The van der Waals surface area contributed by atoms with Crippen molar-refractivity contribution in [1.82, 2.24) is 5.32 Å². The SMILES string of the molecule is CCSC1CCC(NCC(=O)Nc2ccccc2C)C1. The molecule has 1 aromatic carbocycles. The molecule has 1 fully saturated rings. The zero-order valence-corrected chi connectivity index (χ0v) is 13.1. The minimum absolute atomic E-state index is 0.0471. The standard InChI is InChI=1S/C16H24N2OS/c1-3-20-14-9-8-13(10-14)17-11-16(19)18-15-7-5-4-6-12(15)2/h4-7,13-14,17H,3,8-11H2,1-2H3,(H,18,19). The number of anilines is 1. The molecule has 1 saturated carbocycles. The highest BCUT2D eigenvalue weighted by Gasteiger charge is 2.24. The summed E-state index contributed by atoms with van der Waals surface area (Å²) >= 11 is 2.04. The molecule has 1 aromatic rings. The number of para-hydroxylation sites is 1. The molecular weight excluding hydrogens is 268 g/mol. The van der Waals surface area contributed by atoms with Crippen molar-refractivity contribution in [3.63, 3.8) is 0 Å². The second kappa shape index (κ2) is 7.70. The van der Waals surface area contributed by atoms with Crippen LogP contribution in [0.1, 0.15) is 31.7 Å². The molecule has 0 heterocycles. The number of hydrogen-bond acceptors (Lipinski definition) is 3. The van der Waals surface area contributed by atoms with E-state index in [0.717, 1.165) is 16.5 Å². The molecule has 2 atom stereocenters. The van der Waals surface area contributed by atoms with E-state index in [0.29, 0.717) is 12.6 Å². The Morgan fingerprint density at radius 2 is 2.15 bits per heavy atom. The number of hydrogen-bond donors (Lipinski definition) is 2. The van der Waals surface area contributed by atoms with Crippen molar-refractivity contribution in [2.24, 2.45) is 0 Å². The summed E-state index contributed by atoms with van der Waals surface area (Å²) in [5.41, 5.74) is 2.01. The molecule has 0 radical (unpaired) electrons. The third kappa shape index (κ3) is 4.53. The van der Waals surface area contributed by atoms with E-state index in [4.69, 9.17) is 0 Å². The van der Waals surface area contributed by atoms with Gasteiger partial charge in [0.25, 0.3) is 0 Å². The van der Waals surface area contributed by atoms with Gasteiger partial charge in [-0.1, -0.05) is 25.1 Å². The molecule has 4 heteroatoms. The van der Waals surface area contributed by atoms with Gasteiger partial charge in [0.1, 0.15) is 0 Å². The predicted octanol–water partition coefficient (Wildman–Crippen LogP) is 3.20. The summed E-state index contributed by atoms with van der Waals surface area (Å²) in [5, 5.41) is 7.12. The van der Waals surface area contributed by atoms with E-state index in [-0.39, 0.29) is 5.91 Å². The lowest BCUT2D eigenvalue weighted by atomic mass is 10.2. The summed E-state index contributed by atoms with van der Waals surface area (Å²) in [6, 6.07) is 8.37. The molecule has 3 nitrogen and oxygen atoms in total. The lowest BCUT2D eigenvalue weighted by Crippen LogP contribution is -2.35. The van der Waals surface area contributed by atoms with Gasteiger partial charge in [-0.3, -0.25) is 4.79 Å². The first-order chi connectivity index (χ1) is 9.69. The highest BCUT2D eigenvalue weighted by molar-refractivity contribution is 7.99. The lowest BCUT2D eigenvalue weighted by molar-refractivity contribution is -0.115. The van der Waals surface area contributed by atoms with Crippen molar-refractivity contribution in [3.8, 4) is 0 Å². The number of amides is 1. The third-order valence-corrected chi connectivity index (χ3v) is 4.99. The second-order valence-corrected chi connectivity index (χ2v) is 6.91. The van der Waals surface area contributed by atoms with Crippen LogP contribution in [0.15, 0.2) is 24.3 Å². The molecular formula is C16H24N2OS. The Morgan fingerprint density at radius 3 is 2.90 bits per heavy atom. The fraction of sp³-hybridized carbons (Fsp3) is 0.562. The van der Waals surface area contributed by atoms with Gasteiger partial charge in [-0.2, -0.15) is 11.8 Å². The maximum absolute atomic E-state index is 11.9. The molecule has 1 aliphatic rings. The van der Waals surface area contributed by atoms with E-state index in [1.807, 2.05) is 43.0 Å². The number of carbonyl (C=O) groups is 1. The largest absolute Gasteiger partial charge is 0.325 e. The Hall–Kier alpha value is -1.00. The topological polar surface area (TPSA) is 41.1 Å². The molecule has 0 aliphatic heterocycles. The van der Waals surface area contributed by atoms with Gasteiger partial charge in [-0.15, -0.1) is 0 Å². The summed E-state index contributed by atoms with van der Waals surface area (Å²) in [6.07, 6.45) is 3.65. The third-order valence-electron chi connectivity index (χ3n) is 3.76. The number of benzene rings is 1. The fourth-order valence-corrected chi connectivity index (χ4v) is 3.80. The highest BCUT2D eigenvalue weighted by atomic mass is 32.2. The van der Waals surface area contributed by atoms with Gasteiger partial charge >= 0.3 is 0 Å². The summed E-state index contributed by atoms with van der Waals surface area (Å²) < 4.78 is 0. The van der Waals surface area contributed by atoms with Crippen LogP contribution in [0.4, 0.5) is 5.69 Å². The zero-order chi connectivity index (χ0) is 14.4. The summed E-state index contributed by atoms with van der Waals surface area (Å²) in [7, 11) is 0. The first-order valence-corrected chi connectivity index (χ1v) is 8.44. The van der Waals surface area contributed by atoms with E-state index in [1.165, 1.54) is 25.0 Å². The van der Waals surface area contributed by atoms with Crippen molar-refractivity contribution in [1.29, 1.82) is 0 Å². The molecule has 1 aliphatic carbocycles. The molecule has 2 rings (SSSR count). The molecule has 0 spiro atoms. The average molecular weight is 292 g/mol. The van der Waals surface area contributed by atoms with E-state index in [9.17, 15) is 4.79 Å². The number of rotatable bonds is 6. The van der Waals surface area contributed by atoms with Crippen LogP contribution in [0.2, 0.25) is 0 Å². The minimum Gasteiger partial charge on any atom is -0.325 e. The van der Waals surface area contributed by atoms with Gasteiger partial charge in [-0.05, 0) is 43.6 Å². The Kier molecular flexibility index (Phi) is 5.92. The van der Waals surface area contributed by atoms with E-state index in [1.54, 1.807) is 0 Å². The molecule has 0 saturated heterocycles. The molecule has 20 heavy (non-hydrogen) atoms. The summed E-state index contributed by atoms with van der Waals surface area (Å²) in [4.78, 5) is 11.9. The predicted molar refractivity (Wildman–Crippen MR) is 87.4 cm³/mol. The quantitative estimate of drug-likeness (QED) is 0.846. The van der Waals surface area contributed by atoms with Crippen LogP contribution in [0.5, 0.6) is 0 Å². The number of carbonyl (C=O) groups excluding carboxylic acids is 1. The van der Waals surface area contributed by atoms with Gasteiger partial charge in [0, 0.05) is 17.0 Å². The van der Waals surface area contributed by atoms with Crippen molar-refractivity contribution in [2.45, 2.75) is 44.4 Å². The van der Waals surface area contributed by atoms with Crippen LogP contribution in [-0.2, 0) is 4.79 Å². The first kappa shape index (κ1) is 15.4. The van der Waals surface area contributed by atoms with Crippen molar-refractivity contribution in [2.75, 3.05) is 17.6 Å². The zero-order valence-electron chi connectivity index (χ0n) is 12.3. The Labute approximate surface area is 125 Å². The molecule has 0 aromatic heterocycles. The van der Waals surface area contributed by atoms with Crippen molar-refractivity contribution < 1.29 is 4.79 Å². The number of nitrogens with one attached hydrogen (secondary N) is 2. The lowest BCUT2D eigenvalue weighted by Gasteiger charge is -2.13. The summed E-state index contributed by atoms with van der Waals surface area (Å²) in [5.74, 6) is 1.23. The molecule has 110 valence electrons. The van der Waals surface area contributed by atoms with Crippen LogP contribution in [0, 0.1) is 6.92 Å². The smallest absolute Gasteiger partial charge is 0.238 e. The van der Waals surface area contributed by atoms with Crippen LogP contribution in [0.25, 0.3) is 0 Å². The Balaban J connectivity index is 1.72. The van der Waals surface area contributed by atoms with Crippen LogP contribution >= 0.6 is 11.8 Å². The van der Waals surface area contributed by atoms with E-state index in [2.05, 4.69) is 17.6 Å². The van der Waals surface area contributed by atoms with Gasteiger partial charge in [-0.25, -0.2) is 0 Å². The highest BCUT2D eigenvalue weighted by Crippen LogP contribution is 2.29. The number of thioether (sulfide) groups is 1. The Morgan fingerprint density at radius 1 is 1.35 bits per heavy atom. The van der Waals surface area contributed by atoms with Crippen LogP contribution < -0.4 is 10.6 Å². The molecule has 0 bridgehead atoms. The van der Waals surface area contributed by atoms with Gasteiger partial charge in [0.2, 0.25) is 5.91 Å². The van der Waals surface area contributed by atoms with Crippen LogP contribution in [-0.4, -0.2) is 29.5 Å². The molecule has 1 amide bonds. The molecule has 2 N–H and O–H groups in total. The first-order valence-electron chi connectivity index (χ1n) is 7.39. The van der Waals surface area contributed by atoms with Crippen LogP contribution in [0.3, 0.4) is 0 Å². The monoisotopic (exact) mass is 292 g/mol. The average Bonchev–Trinajstić information content (AvgIpc) is 2.87. The fourth-order valence-electron chi connectivity index (χ4n) is 2.66. The normalized spacial score (nSPS) is 21.9. The Bertz CT molecular complexity index is 450. The van der Waals surface area contributed by atoms with Gasteiger partial charge < -0.3 is 10.6 Å². The molecule has 2 unspecified atom stereocenters. The van der Waals surface area contributed by atoms with Gasteiger partial charge in [0.15, 0.2) is 0 Å². The summed E-state index contributed by atoms with van der Waals surface area (Å²) in [6.45, 7) is 4.62. The number of aryl methyl sites for hydroxylation is 1. The maximum Gasteiger partial charge on any atom is 0.238 e.